The molecule has 0 aromatic carbocycles. The number of nitrogens with zero attached hydrogens (tertiary/aromatic N) is 1. The highest BCUT2D eigenvalue weighted by molar-refractivity contribution is 5.78. The van der Waals surface area contributed by atoms with Crippen LogP contribution in [0.2, 0.25) is 0 Å². The van der Waals surface area contributed by atoms with Crippen LogP contribution in [0, 0.1) is 5.92 Å². The van der Waals surface area contributed by atoms with Gasteiger partial charge in [-0.2, -0.15) is 0 Å². The van der Waals surface area contributed by atoms with Crippen LogP contribution in [0.25, 0.3) is 0 Å². The molecule has 2 saturated carbocycles. The fraction of sp³-hybridized carbons (Fsp3) is 0.938. The number of hydrogen-bond donors (Lipinski definition) is 2. The van der Waals surface area contributed by atoms with Crippen molar-refractivity contribution in [2.75, 3.05) is 13.1 Å². The van der Waals surface area contributed by atoms with Crippen LogP contribution in [0.4, 0.5) is 0 Å². The molecule has 0 amide bonds. The standard InChI is InChI=1S/C16H30N2O2/c1-4-9-18(11-13-5-6-13)12(2)10-16(3,15(19)20)17-14-7-8-14/h12-14,17H,4-11H2,1-3H3,(H,19,20). The van der Waals surface area contributed by atoms with Crippen molar-refractivity contribution in [3.8, 4) is 0 Å². The van der Waals surface area contributed by atoms with E-state index in [9.17, 15) is 9.90 Å². The van der Waals surface area contributed by atoms with Crippen molar-refractivity contribution < 1.29 is 9.90 Å². The van der Waals surface area contributed by atoms with E-state index in [1.165, 1.54) is 12.8 Å². The van der Waals surface area contributed by atoms with Crippen molar-refractivity contribution in [3.05, 3.63) is 0 Å². The zero-order valence-electron chi connectivity index (χ0n) is 13.2. The van der Waals surface area contributed by atoms with Gasteiger partial charge >= 0.3 is 5.97 Å². The van der Waals surface area contributed by atoms with Gasteiger partial charge in [0.25, 0.3) is 0 Å². The molecule has 0 saturated heterocycles. The highest BCUT2D eigenvalue weighted by atomic mass is 16.4. The molecule has 2 N–H and O–H groups in total. The maximum Gasteiger partial charge on any atom is 0.323 e. The summed E-state index contributed by atoms with van der Waals surface area (Å²) < 4.78 is 0. The number of aliphatic carboxylic acids is 1. The normalized spacial score (nSPS) is 23.6. The predicted molar refractivity (Wildman–Crippen MR) is 80.9 cm³/mol. The monoisotopic (exact) mass is 282 g/mol. The van der Waals surface area contributed by atoms with Gasteiger partial charge in [-0.1, -0.05) is 6.92 Å². The summed E-state index contributed by atoms with van der Waals surface area (Å²) in [4.78, 5) is 14.1. The van der Waals surface area contributed by atoms with E-state index >= 15 is 0 Å². The predicted octanol–water partition coefficient (Wildman–Crippen LogP) is 2.48. The van der Waals surface area contributed by atoms with Crippen molar-refractivity contribution in [1.29, 1.82) is 0 Å². The van der Waals surface area contributed by atoms with Crippen LogP contribution in [0.5, 0.6) is 0 Å². The molecular weight excluding hydrogens is 252 g/mol. The van der Waals surface area contributed by atoms with E-state index < -0.39 is 11.5 Å². The van der Waals surface area contributed by atoms with E-state index in [2.05, 4.69) is 24.1 Å². The molecule has 2 rings (SSSR count). The Balaban J connectivity index is 1.93. The van der Waals surface area contributed by atoms with Gasteiger partial charge in [0.2, 0.25) is 0 Å². The van der Waals surface area contributed by atoms with Crippen LogP contribution in [0.3, 0.4) is 0 Å². The number of carboxylic acids is 1. The third-order valence-electron chi connectivity index (χ3n) is 4.60. The summed E-state index contributed by atoms with van der Waals surface area (Å²) >= 11 is 0. The first-order valence-corrected chi connectivity index (χ1v) is 8.19. The van der Waals surface area contributed by atoms with Gasteiger partial charge in [0.1, 0.15) is 5.54 Å². The largest absolute Gasteiger partial charge is 0.480 e. The summed E-state index contributed by atoms with van der Waals surface area (Å²) in [5.74, 6) is 0.149. The molecule has 2 atom stereocenters. The second kappa shape index (κ2) is 6.44. The molecule has 0 aromatic heterocycles. The quantitative estimate of drug-likeness (QED) is 0.646. The number of hydrogen-bond acceptors (Lipinski definition) is 3. The molecule has 0 bridgehead atoms. The van der Waals surface area contributed by atoms with E-state index in [4.69, 9.17) is 0 Å². The molecule has 0 radical (unpaired) electrons. The lowest BCUT2D eigenvalue weighted by molar-refractivity contribution is -0.145. The van der Waals surface area contributed by atoms with Gasteiger partial charge in [-0.3, -0.25) is 10.1 Å². The van der Waals surface area contributed by atoms with Gasteiger partial charge in [-0.25, -0.2) is 0 Å². The number of carboxylic acid groups (broad SMARTS) is 1. The summed E-state index contributed by atoms with van der Waals surface area (Å²) in [5, 5.41) is 12.9. The van der Waals surface area contributed by atoms with Crippen LogP contribution in [-0.2, 0) is 4.79 Å². The summed E-state index contributed by atoms with van der Waals surface area (Å²) in [6.07, 6.45) is 6.77. The third-order valence-corrected chi connectivity index (χ3v) is 4.60. The Kier molecular flexibility index (Phi) is 5.08. The van der Waals surface area contributed by atoms with Crippen molar-refractivity contribution in [2.45, 2.75) is 76.9 Å². The second-order valence-electron chi connectivity index (χ2n) is 7.05. The maximum absolute atomic E-state index is 11.7. The van der Waals surface area contributed by atoms with Gasteiger partial charge in [0, 0.05) is 18.6 Å². The fourth-order valence-corrected chi connectivity index (χ4v) is 3.02. The minimum Gasteiger partial charge on any atom is -0.480 e. The number of rotatable bonds is 10. The Hall–Kier alpha value is -0.610. The zero-order valence-corrected chi connectivity index (χ0v) is 13.2. The Bertz CT molecular complexity index is 339. The zero-order chi connectivity index (χ0) is 14.8. The first kappa shape index (κ1) is 15.8. The Labute approximate surface area is 122 Å². The SMILES string of the molecule is CCCN(CC1CC1)C(C)CC(C)(NC1CC1)C(=O)O. The smallest absolute Gasteiger partial charge is 0.323 e. The molecule has 0 aliphatic heterocycles. The van der Waals surface area contributed by atoms with Crippen LogP contribution in [-0.4, -0.2) is 46.7 Å². The molecule has 0 aromatic rings. The lowest BCUT2D eigenvalue weighted by Crippen LogP contribution is -2.54. The summed E-state index contributed by atoms with van der Waals surface area (Å²) in [7, 11) is 0. The first-order valence-electron chi connectivity index (χ1n) is 8.19. The molecule has 2 fully saturated rings. The Morgan fingerprint density at radius 2 is 2.05 bits per heavy atom. The third kappa shape index (κ3) is 4.45. The average Bonchev–Trinajstić information content (AvgIpc) is 3.23. The molecule has 2 aliphatic rings. The van der Waals surface area contributed by atoms with Crippen molar-refractivity contribution in [1.82, 2.24) is 10.2 Å². The van der Waals surface area contributed by atoms with Crippen LogP contribution < -0.4 is 5.32 Å². The molecule has 20 heavy (non-hydrogen) atoms. The van der Waals surface area contributed by atoms with E-state index in [-0.39, 0.29) is 0 Å². The second-order valence-corrected chi connectivity index (χ2v) is 7.05. The topological polar surface area (TPSA) is 52.6 Å². The van der Waals surface area contributed by atoms with Gasteiger partial charge in [0.15, 0.2) is 0 Å². The fourth-order valence-electron chi connectivity index (χ4n) is 3.02. The highest BCUT2D eigenvalue weighted by Crippen LogP contribution is 2.32. The molecule has 4 nitrogen and oxygen atoms in total. The highest BCUT2D eigenvalue weighted by Gasteiger charge is 2.40. The first-order chi connectivity index (χ1) is 9.44. The van der Waals surface area contributed by atoms with Gasteiger partial charge in [-0.15, -0.1) is 0 Å². The van der Waals surface area contributed by atoms with Crippen LogP contribution in [0.1, 0.15) is 59.3 Å². The lowest BCUT2D eigenvalue weighted by atomic mass is 9.92. The molecule has 116 valence electrons. The van der Waals surface area contributed by atoms with Crippen molar-refractivity contribution >= 4 is 5.97 Å². The molecule has 0 spiro atoms. The molecule has 4 heteroatoms. The van der Waals surface area contributed by atoms with E-state index in [1.807, 2.05) is 6.92 Å². The average molecular weight is 282 g/mol. The maximum atomic E-state index is 11.7. The Morgan fingerprint density at radius 1 is 1.40 bits per heavy atom. The summed E-state index contributed by atoms with van der Waals surface area (Å²) in [6.45, 7) is 8.47. The molecule has 2 unspecified atom stereocenters. The van der Waals surface area contributed by atoms with Gasteiger partial charge < -0.3 is 10.0 Å². The molecule has 2 aliphatic carbocycles. The Morgan fingerprint density at radius 3 is 2.50 bits per heavy atom. The summed E-state index contributed by atoms with van der Waals surface area (Å²) in [5.41, 5.74) is -0.782. The van der Waals surface area contributed by atoms with Crippen molar-refractivity contribution in [3.63, 3.8) is 0 Å². The van der Waals surface area contributed by atoms with E-state index in [1.54, 1.807) is 0 Å². The minimum absolute atomic E-state index is 0.322. The van der Waals surface area contributed by atoms with Gasteiger partial charge in [-0.05, 0) is 64.8 Å². The van der Waals surface area contributed by atoms with Crippen molar-refractivity contribution in [2.24, 2.45) is 5.92 Å². The van der Waals surface area contributed by atoms with Crippen LogP contribution >= 0.6 is 0 Å². The summed E-state index contributed by atoms with van der Waals surface area (Å²) in [6, 6.07) is 0.745. The lowest BCUT2D eigenvalue weighted by Gasteiger charge is -2.35. The van der Waals surface area contributed by atoms with E-state index in [0.29, 0.717) is 18.5 Å². The number of carbonyl (C=O) groups is 1. The number of nitrogens with one attached hydrogen (secondary N) is 1. The molecular formula is C16H30N2O2. The van der Waals surface area contributed by atoms with E-state index in [0.717, 1.165) is 38.3 Å². The van der Waals surface area contributed by atoms with Crippen LogP contribution in [0.15, 0.2) is 0 Å². The molecule has 0 heterocycles. The van der Waals surface area contributed by atoms with Gasteiger partial charge in [0.05, 0.1) is 0 Å². The minimum atomic E-state index is -0.782.